The van der Waals surface area contributed by atoms with Crippen LogP contribution in [0.25, 0.3) is 0 Å². The van der Waals surface area contributed by atoms with Crippen molar-refractivity contribution in [1.82, 2.24) is 0 Å². The summed E-state index contributed by atoms with van der Waals surface area (Å²) in [5.74, 6) is -1.19. The summed E-state index contributed by atoms with van der Waals surface area (Å²) in [6.07, 6.45) is 0. The smallest absolute Gasteiger partial charge is 0.317 e. The minimum atomic E-state index is -1.49. The average molecular weight is 117 g/mol. The topological polar surface area (TPSA) is 83.5 Å². The first kappa shape index (κ1) is 7.45. The number of carboxylic acid groups (broad SMARTS) is 1. The second kappa shape index (κ2) is 2.15. The molecule has 0 unspecified atom stereocenters. The van der Waals surface area contributed by atoms with Crippen molar-refractivity contribution in [2.75, 3.05) is 6.61 Å². The van der Waals surface area contributed by atoms with E-state index in [1.165, 1.54) is 7.85 Å². The number of rotatable bonds is 2. The molecule has 0 saturated carbocycles. The third kappa shape index (κ3) is 1.51. The summed E-state index contributed by atoms with van der Waals surface area (Å²) in [6, 6.07) is 0. The van der Waals surface area contributed by atoms with Gasteiger partial charge in [0.15, 0.2) is 0 Å². The largest absolute Gasteiger partial charge is 0.480 e. The second-order valence-corrected chi connectivity index (χ2v) is 1.88. The predicted molar refractivity (Wildman–Crippen MR) is 30.2 cm³/mol. The van der Waals surface area contributed by atoms with E-state index in [0.29, 0.717) is 0 Å². The lowest BCUT2D eigenvalue weighted by Gasteiger charge is -2.13. The normalized spacial score (nSPS) is 17.2. The molecule has 0 aromatic carbocycles. The number of carboxylic acids is 1. The van der Waals surface area contributed by atoms with E-state index in [1.807, 2.05) is 0 Å². The number of carbonyl (C=O) groups is 1. The minimum absolute atomic E-state index is 0.539. The van der Waals surface area contributed by atoms with Gasteiger partial charge in [0.25, 0.3) is 0 Å². The molecule has 0 aromatic heterocycles. The van der Waals surface area contributed by atoms with Crippen molar-refractivity contribution >= 4 is 13.8 Å². The lowest BCUT2D eigenvalue weighted by molar-refractivity contribution is -0.141. The van der Waals surface area contributed by atoms with Crippen LogP contribution in [-0.2, 0) is 4.79 Å². The highest BCUT2D eigenvalue weighted by molar-refractivity contribution is 6.26. The van der Waals surface area contributed by atoms with Gasteiger partial charge in [-0.25, -0.2) is 0 Å². The van der Waals surface area contributed by atoms with Gasteiger partial charge in [-0.05, 0) is 0 Å². The average Bonchev–Trinajstić information content (AvgIpc) is 1.67. The lowest BCUT2D eigenvalue weighted by Crippen LogP contribution is -2.51. The number of aliphatic carboxylic acids is 1. The summed E-state index contributed by atoms with van der Waals surface area (Å²) in [5, 5.41) is 16.4. The molecule has 0 rings (SSSR count). The van der Waals surface area contributed by atoms with Crippen molar-refractivity contribution in [3.8, 4) is 0 Å². The Kier molecular flexibility index (Phi) is 2.00. The van der Waals surface area contributed by atoms with Crippen LogP contribution in [0.3, 0.4) is 0 Å². The number of aliphatic hydroxyl groups is 1. The molecule has 0 aliphatic heterocycles. The van der Waals surface area contributed by atoms with Gasteiger partial charge in [0.1, 0.15) is 13.3 Å². The Morgan fingerprint density at radius 2 is 2.25 bits per heavy atom. The summed E-state index contributed by atoms with van der Waals surface area (Å²) < 4.78 is 0. The monoisotopic (exact) mass is 117 g/mol. The maximum atomic E-state index is 9.97. The molecule has 0 amide bonds. The van der Waals surface area contributed by atoms with E-state index in [0.717, 1.165) is 0 Å². The fraction of sp³-hybridized carbons (Fsp3) is 0.667. The minimum Gasteiger partial charge on any atom is -0.480 e. The second-order valence-electron chi connectivity index (χ2n) is 1.88. The zero-order valence-corrected chi connectivity index (χ0v) is 4.59. The SMILES string of the molecule is B[C@@](N)(CO)C(=O)O. The molecular weight excluding hydrogens is 109 g/mol. The first-order valence-corrected chi connectivity index (χ1v) is 2.14. The van der Waals surface area contributed by atoms with Gasteiger partial charge in [-0.3, -0.25) is 4.79 Å². The fourth-order valence-electron chi connectivity index (χ4n) is 0.0676. The summed E-state index contributed by atoms with van der Waals surface area (Å²) in [6.45, 7) is -0.539. The Balaban J connectivity index is 3.91. The van der Waals surface area contributed by atoms with E-state index < -0.39 is 18.0 Å². The van der Waals surface area contributed by atoms with Gasteiger partial charge in [0.05, 0.1) is 6.61 Å². The number of hydrogen-bond donors (Lipinski definition) is 3. The lowest BCUT2D eigenvalue weighted by atomic mass is 9.80. The molecule has 46 valence electrons. The Labute approximate surface area is 47.7 Å². The molecule has 0 heterocycles. The summed E-state index contributed by atoms with van der Waals surface area (Å²) >= 11 is 0. The van der Waals surface area contributed by atoms with Gasteiger partial charge in [-0.1, -0.05) is 0 Å². The number of hydrogen-bond acceptors (Lipinski definition) is 3. The predicted octanol–water partition coefficient (Wildman–Crippen LogP) is -2.65. The molecule has 0 radical (unpaired) electrons. The van der Waals surface area contributed by atoms with Gasteiger partial charge in [0.2, 0.25) is 0 Å². The molecule has 1 atom stereocenters. The van der Waals surface area contributed by atoms with Crippen LogP contribution in [0.4, 0.5) is 0 Å². The van der Waals surface area contributed by atoms with Crippen molar-refractivity contribution < 1.29 is 15.0 Å². The van der Waals surface area contributed by atoms with Gasteiger partial charge >= 0.3 is 5.97 Å². The maximum absolute atomic E-state index is 9.97. The molecule has 0 saturated heterocycles. The molecule has 8 heavy (non-hydrogen) atoms. The highest BCUT2D eigenvalue weighted by Gasteiger charge is 2.25. The molecule has 0 fully saturated rings. The van der Waals surface area contributed by atoms with E-state index in [4.69, 9.17) is 15.9 Å². The third-order valence-electron chi connectivity index (χ3n) is 0.817. The van der Waals surface area contributed by atoms with Crippen molar-refractivity contribution in [3.05, 3.63) is 0 Å². The van der Waals surface area contributed by atoms with Crippen LogP contribution < -0.4 is 5.73 Å². The zero-order chi connectivity index (χ0) is 6.78. The third-order valence-corrected chi connectivity index (χ3v) is 0.817. The molecule has 0 aliphatic rings. The fourth-order valence-corrected chi connectivity index (χ4v) is 0.0676. The van der Waals surface area contributed by atoms with Crippen molar-refractivity contribution in [1.29, 1.82) is 0 Å². The van der Waals surface area contributed by atoms with Crippen LogP contribution in [0.15, 0.2) is 0 Å². The van der Waals surface area contributed by atoms with Crippen molar-refractivity contribution in [3.63, 3.8) is 0 Å². The molecule has 0 aliphatic carbocycles. The van der Waals surface area contributed by atoms with Crippen LogP contribution in [0.2, 0.25) is 0 Å². The highest BCUT2D eigenvalue weighted by Crippen LogP contribution is 1.89. The van der Waals surface area contributed by atoms with Gasteiger partial charge in [-0.15, -0.1) is 0 Å². The summed E-state index contributed by atoms with van der Waals surface area (Å²) in [5.41, 5.74) is 3.52. The number of nitrogens with two attached hydrogens (primary N) is 1. The zero-order valence-electron chi connectivity index (χ0n) is 4.59. The molecule has 4 N–H and O–H groups in total. The summed E-state index contributed by atoms with van der Waals surface area (Å²) in [7, 11) is 1.25. The van der Waals surface area contributed by atoms with E-state index in [-0.39, 0.29) is 0 Å². The van der Waals surface area contributed by atoms with Gasteiger partial charge < -0.3 is 15.9 Å². The Morgan fingerprint density at radius 1 is 1.88 bits per heavy atom. The van der Waals surface area contributed by atoms with Crippen molar-refractivity contribution in [2.45, 2.75) is 5.44 Å². The van der Waals surface area contributed by atoms with E-state index >= 15 is 0 Å². The van der Waals surface area contributed by atoms with Crippen LogP contribution in [0.5, 0.6) is 0 Å². The van der Waals surface area contributed by atoms with Crippen LogP contribution in [-0.4, -0.2) is 36.1 Å². The first-order valence-electron chi connectivity index (χ1n) is 2.14. The quantitative estimate of drug-likeness (QED) is 0.345. The summed E-state index contributed by atoms with van der Waals surface area (Å²) in [4.78, 5) is 9.97. The van der Waals surface area contributed by atoms with Gasteiger partial charge in [0, 0.05) is 0 Å². The maximum Gasteiger partial charge on any atom is 0.317 e. The Morgan fingerprint density at radius 3 is 2.25 bits per heavy atom. The first-order chi connectivity index (χ1) is 3.50. The molecular formula is C3H8BNO3. The molecule has 0 bridgehead atoms. The molecule has 5 heteroatoms. The Bertz CT molecular complexity index is 103. The standard InChI is InChI=1S/C3H8BNO3/c4-3(5,1-6)2(7)8/h6H,1,4-5H2,(H,7,8)/t3-/m1/s1. The highest BCUT2D eigenvalue weighted by atomic mass is 16.4. The molecule has 4 nitrogen and oxygen atoms in total. The van der Waals surface area contributed by atoms with E-state index in [9.17, 15) is 4.79 Å². The van der Waals surface area contributed by atoms with Crippen LogP contribution in [0.1, 0.15) is 0 Å². The van der Waals surface area contributed by atoms with E-state index in [1.54, 1.807) is 0 Å². The van der Waals surface area contributed by atoms with Crippen molar-refractivity contribution in [2.24, 2.45) is 5.73 Å². The van der Waals surface area contributed by atoms with E-state index in [2.05, 4.69) is 0 Å². The van der Waals surface area contributed by atoms with Crippen LogP contribution in [0, 0.1) is 0 Å². The molecule has 0 spiro atoms. The Hall–Kier alpha value is -0.545. The van der Waals surface area contributed by atoms with Crippen LogP contribution >= 0.6 is 0 Å². The van der Waals surface area contributed by atoms with Gasteiger partial charge in [-0.2, -0.15) is 0 Å². The molecule has 0 aromatic rings. The number of aliphatic hydroxyl groups excluding tert-OH is 1.